The number of imidazole rings is 1. The highest BCUT2D eigenvalue weighted by molar-refractivity contribution is 7.79. The number of H-pyrrole nitrogens is 1. The Hall–Kier alpha value is -2.52. The van der Waals surface area contributed by atoms with Crippen molar-refractivity contribution in [2.75, 3.05) is 5.73 Å². The number of aromatic nitrogens is 4. The fourth-order valence-corrected chi connectivity index (χ4v) is 2.36. The van der Waals surface area contributed by atoms with Gasteiger partial charge in [0.2, 0.25) is 11.1 Å². The predicted molar refractivity (Wildman–Crippen MR) is 93.1 cm³/mol. The van der Waals surface area contributed by atoms with Gasteiger partial charge in [-0.15, -0.1) is 0 Å². The number of aromatic amines is 1. The third-order valence-electron chi connectivity index (χ3n) is 2.97. The van der Waals surface area contributed by atoms with Crippen molar-refractivity contribution in [2.45, 2.75) is 32.0 Å². The number of fused-ring (bicyclic) bond motifs is 1. The van der Waals surface area contributed by atoms with E-state index in [-0.39, 0.29) is 28.7 Å². The number of hydrogen-bond acceptors (Lipinski definition) is 5. The summed E-state index contributed by atoms with van der Waals surface area (Å²) in [5.41, 5.74) is 6.63. The number of hydrogen-bond donors (Lipinski definition) is 3. The van der Waals surface area contributed by atoms with Crippen molar-refractivity contribution in [1.29, 1.82) is 0 Å². The molecule has 4 N–H and O–H groups in total. The Labute approximate surface area is 141 Å². The Bertz CT molecular complexity index is 905. The van der Waals surface area contributed by atoms with Crippen LogP contribution < -0.4 is 11.4 Å². The molecule has 8 nitrogen and oxygen atoms in total. The minimum Gasteiger partial charge on any atom is -0.382 e. The first kappa shape index (κ1) is 17.8. The normalized spacial score (nSPS) is 11.8. The van der Waals surface area contributed by atoms with Gasteiger partial charge in [-0.2, -0.15) is 9.97 Å². The predicted octanol–water partition coefficient (Wildman–Crippen LogP) is 1.75. The van der Waals surface area contributed by atoms with Crippen molar-refractivity contribution in [3.8, 4) is 0 Å². The highest BCUT2D eigenvalue weighted by Crippen LogP contribution is 2.16. The molecule has 24 heavy (non-hydrogen) atoms. The summed E-state index contributed by atoms with van der Waals surface area (Å²) < 4.78 is 21.5. The first-order chi connectivity index (χ1) is 11.5. The standard InChI is InChI=1S/C12H11N5O3S.C3H8/c13-9-8-10(16-11(15-9)21(19)20)17(12(18)14-8)6-7-4-2-1-3-5-7;1-3-2/h1-5H,6H2,(H,14,18)(H,19,20)(H2,13,15,16);3H2,1-2H3. The van der Waals surface area contributed by atoms with Crippen LogP contribution in [0.5, 0.6) is 0 Å². The van der Waals surface area contributed by atoms with Crippen LogP contribution in [0.2, 0.25) is 0 Å². The largest absolute Gasteiger partial charge is 0.382 e. The summed E-state index contributed by atoms with van der Waals surface area (Å²) in [5, 5.41) is -0.333. The minimum atomic E-state index is -2.37. The van der Waals surface area contributed by atoms with Gasteiger partial charge in [0.15, 0.2) is 11.5 Å². The van der Waals surface area contributed by atoms with Crippen molar-refractivity contribution in [3.63, 3.8) is 0 Å². The number of benzene rings is 1. The maximum atomic E-state index is 12.0. The second kappa shape index (κ2) is 7.84. The zero-order chi connectivity index (χ0) is 17.7. The van der Waals surface area contributed by atoms with Gasteiger partial charge in [0.05, 0.1) is 6.54 Å². The van der Waals surface area contributed by atoms with Gasteiger partial charge >= 0.3 is 5.69 Å². The molecule has 1 unspecified atom stereocenters. The van der Waals surface area contributed by atoms with Gasteiger partial charge in [-0.25, -0.2) is 9.00 Å². The maximum Gasteiger partial charge on any atom is 0.328 e. The molecule has 0 radical (unpaired) electrons. The van der Waals surface area contributed by atoms with E-state index >= 15 is 0 Å². The topological polar surface area (TPSA) is 127 Å². The number of nitrogen functional groups attached to an aromatic ring is 1. The Balaban J connectivity index is 0.000000647. The van der Waals surface area contributed by atoms with E-state index in [0.29, 0.717) is 0 Å². The van der Waals surface area contributed by atoms with E-state index in [1.807, 2.05) is 30.3 Å². The second-order valence-electron chi connectivity index (χ2n) is 5.05. The van der Waals surface area contributed by atoms with Crippen LogP contribution in [-0.2, 0) is 17.6 Å². The van der Waals surface area contributed by atoms with Crippen LogP contribution in [0.3, 0.4) is 0 Å². The number of rotatable bonds is 3. The molecular formula is C15H19N5O3S. The van der Waals surface area contributed by atoms with Gasteiger partial charge in [0.25, 0.3) is 5.16 Å². The monoisotopic (exact) mass is 349 g/mol. The van der Waals surface area contributed by atoms with Crippen molar-refractivity contribution in [3.05, 3.63) is 46.4 Å². The molecule has 0 amide bonds. The number of anilines is 1. The van der Waals surface area contributed by atoms with Gasteiger partial charge in [-0.1, -0.05) is 50.6 Å². The lowest BCUT2D eigenvalue weighted by molar-refractivity contribution is 0.555. The van der Waals surface area contributed by atoms with Gasteiger partial charge < -0.3 is 10.7 Å². The average Bonchev–Trinajstić information content (AvgIpc) is 2.86. The summed E-state index contributed by atoms with van der Waals surface area (Å²) in [7, 11) is 0. The zero-order valence-corrected chi connectivity index (χ0v) is 14.2. The number of nitrogens with zero attached hydrogens (tertiary/aromatic N) is 3. The SMILES string of the molecule is CCC.Nc1nc(S(=O)O)nc2c1[nH]c(=O)n2Cc1ccccc1. The van der Waals surface area contributed by atoms with E-state index in [0.717, 1.165) is 5.56 Å². The smallest absolute Gasteiger partial charge is 0.328 e. The summed E-state index contributed by atoms with van der Waals surface area (Å²) >= 11 is -2.37. The molecule has 0 aliphatic heterocycles. The zero-order valence-electron chi connectivity index (χ0n) is 13.4. The molecule has 128 valence electrons. The molecule has 0 aliphatic carbocycles. The summed E-state index contributed by atoms with van der Waals surface area (Å²) in [5.74, 6) is -0.0405. The van der Waals surface area contributed by atoms with Crippen molar-refractivity contribution < 1.29 is 8.76 Å². The Morgan fingerprint density at radius 3 is 2.46 bits per heavy atom. The van der Waals surface area contributed by atoms with E-state index in [9.17, 15) is 9.00 Å². The summed E-state index contributed by atoms with van der Waals surface area (Å²) in [4.78, 5) is 22.2. The van der Waals surface area contributed by atoms with Crippen LogP contribution in [0.15, 0.2) is 40.3 Å². The summed E-state index contributed by atoms with van der Waals surface area (Å²) in [6, 6.07) is 9.30. The van der Waals surface area contributed by atoms with E-state index in [2.05, 4.69) is 28.8 Å². The maximum absolute atomic E-state index is 12.0. The van der Waals surface area contributed by atoms with E-state index in [1.54, 1.807) is 0 Å². The lowest BCUT2D eigenvalue weighted by Crippen LogP contribution is -2.17. The van der Waals surface area contributed by atoms with Gasteiger partial charge in [-0.3, -0.25) is 9.12 Å². The Kier molecular flexibility index (Phi) is 5.83. The highest BCUT2D eigenvalue weighted by atomic mass is 32.2. The summed E-state index contributed by atoms with van der Waals surface area (Å²) in [6.45, 7) is 4.52. The molecule has 0 saturated heterocycles. The minimum absolute atomic E-state index is 0.0405. The first-order valence-corrected chi connectivity index (χ1v) is 8.49. The lowest BCUT2D eigenvalue weighted by atomic mass is 10.2. The van der Waals surface area contributed by atoms with Gasteiger partial charge in [0.1, 0.15) is 5.52 Å². The Morgan fingerprint density at radius 2 is 1.88 bits per heavy atom. The van der Waals surface area contributed by atoms with Crippen LogP contribution >= 0.6 is 0 Å². The number of nitrogens with two attached hydrogens (primary N) is 1. The first-order valence-electron chi connectivity index (χ1n) is 7.38. The molecule has 2 aromatic heterocycles. The van der Waals surface area contributed by atoms with Crippen molar-refractivity contribution >= 4 is 28.1 Å². The van der Waals surface area contributed by atoms with E-state index in [4.69, 9.17) is 10.3 Å². The molecule has 3 aromatic rings. The molecule has 1 aromatic carbocycles. The average molecular weight is 349 g/mol. The molecule has 0 spiro atoms. The van der Waals surface area contributed by atoms with Gasteiger partial charge in [0, 0.05) is 0 Å². The molecule has 0 fully saturated rings. The lowest BCUT2D eigenvalue weighted by Gasteiger charge is -2.04. The van der Waals surface area contributed by atoms with Crippen molar-refractivity contribution in [1.82, 2.24) is 19.5 Å². The Morgan fingerprint density at radius 1 is 1.25 bits per heavy atom. The molecule has 3 rings (SSSR count). The van der Waals surface area contributed by atoms with Crippen LogP contribution in [0.1, 0.15) is 25.8 Å². The van der Waals surface area contributed by atoms with Crippen molar-refractivity contribution in [2.24, 2.45) is 0 Å². The van der Waals surface area contributed by atoms with Crippen LogP contribution in [0.25, 0.3) is 11.2 Å². The second-order valence-corrected chi connectivity index (χ2v) is 5.91. The molecule has 2 heterocycles. The molecule has 9 heteroatoms. The molecule has 0 saturated carbocycles. The van der Waals surface area contributed by atoms with Crippen LogP contribution in [0, 0.1) is 0 Å². The van der Waals surface area contributed by atoms with Gasteiger partial charge in [-0.05, 0) is 5.56 Å². The number of nitrogens with one attached hydrogen (secondary N) is 1. The van der Waals surface area contributed by atoms with Crippen LogP contribution in [0.4, 0.5) is 5.82 Å². The quantitative estimate of drug-likeness (QED) is 0.488. The molecule has 0 bridgehead atoms. The molecular weight excluding hydrogens is 330 g/mol. The third-order valence-corrected chi connectivity index (χ3v) is 3.46. The molecule has 0 aliphatic rings. The third kappa shape index (κ3) is 3.87. The fourth-order valence-electron chi connectivity index (χ4n) is 2.02. The van der Waals surface area contributed by atoms with Crippen LogP contribution in [-0.4, -0.2) is 28.3 Å². The van der Waals surface area contributed by atoms with E-state index in [1.165, 1.54) is 11.0 Å². The molecule has 1 atom stereocenters. The van der Waals surface area contributed by atoms with E-state index < -0.39 is 16.8 Å². The summed E-state index contributed by atoms with van der Waals surface area (Å²) in [6.07, 6.45) is 1.25. The fraction of sp³-hybridized carbons (Fsp3) is 0.267. The highest BCUT2D eigenvalue weighted by Gasteiger charge is 2.16.